The summed E-state index contributed by atoms with van der Waals surface area (Å²) in [5.41, 5.74) is 2.66. The number of aromatic nitrogens is 2. The number of carbonyl (C=O) groups is 1. The Morgan fingerprint density at radius 1 is 1.03 bits per heavy atom. The van der Waals surface area contributed by atoms with Gasteiger partial charge in [-0.2, -0.15) is 0 Å². The van der Waals surface area contributed by atoms with Crippen molar-refractivity contribution in [3.05, 3.63) is 76.2 Å². The van der Waals surface area contributed by atoms with Gasteiger partial charge in [0.25, 0.3) is 5.56 Å². The molecule has 1 aliphatic rings. The molecule has 29 heavy (non-hydrogen) atoms. The lowest BCUT2D eigenvalue weighted by Crippen LogP contribution is -2.34. The lowest BCUT2D eigenvalue weighted by molar-refractivity contribution is -0.117. The van der Waals surface area contributed by atoms with Crippen molar-refractivity contribution in [2.45, 2.75) is 24.5 Å². The van der Waals surface area contributed by atoms with Gasteiger partial charge in [-0.25, -0.2) is 4.68 Å². The number of anilines is 1. The maximum atomic E-state index is 13.5. The highest BCUT2D eigenvalue weighted by Gasteiger charge is 2.42. The molecule has 1 fully saturated rings. The first kappa shape index (κ1) is 19.4. The van der Waals surface area contributed by atoms with E-state index in [9.17, 15) is 9.59 Å². The van der Waals surface area contributed by atoms with E-state index < -0.39 is 0 Å². The average molecular weight is 410 g/mol. The molecule has 0 N–H and O–H groups in total. The van der Waals surface area contributed by atoms with E-state index in [1.165, 1.54) is 0 Å². The van der Waals surface area contributed by atoms with Crippen molar-refractivity contribution in [1.82, 2.24) is 9.36 Å². The Hall–Kier alpha value is -2.93. The van der Waals surface area contributed by atoms with Gasteiger partial charge in [-0.1, -0.05) is 30.3 Å². The summed E-state index contributed by atoms with van der Waals surface area (Å²) in [5, 5.41) is -0.527. The molecule has 0 saturated carbocycles. The molecule has 2 aromatic carbocycles. The summed E-state index contributed by atoms with van der Waals surface area (Å²) in [6, 6.07) is 17.1. The number of carbonyl (C=O) groups excluding carboxylic acids is 1. The second-order valence-electron chi connectivity index (χ2n) is 7.03. The van der Waals surface area contributed by atoms with Gasteiger partial charge in [-0.15, -0.1) is 11.8 Å². The minimum atomic E-state index is -0.286. The predicted octanol–water partition coefficient (Wildman–Crippen LogP) is 3.66. The maximum absolute atomic E-state index is 13.5. The molecule has 0 unspecified atom stereocenters. The highest BCUT2D eigenvalue weighted by atomic mass is 32.2. The van der Waals surface area contributed by atoms with Crippen molar-refractivity contribution in [2.75, 3.05) is 12.0 Å². The van der Waals surface area contributed by atoms with Crippen molar-refractivity contribution < 1.29 is 9.53 Å². The van der Waals surface area contributed by atoms with Crippen LogP contribution in [-0.2, 0) is 11.8 Å². The minimum Gasteiger partial charge on any atom is -0.497 e. The molecule has 1 amide bonds. The first-order valence-corrected chi connectivity index (χ1v) is 10.3. The molecular weight excluding hydrogens is 386 g/mol. The van der Waals surface area contributed by atoms with Gasteiger partial charge in [-0.05, 0) is 43.7 Å². The van der Waals surface area contributed by atoms with Crippen molar-refractivity contribution in [2.24, 2.45) is 7.05 Å². The maximum Gasteiger partial charge on any atom is 0.295 e. The van der Waals surface area contributed by atoms with Crippen LogP contribution < -0.4 is 15.2 Å². The number of methoxy groups -OCH3 is 1. The zero-order valence-corrected chi connectivity index (χ0v) is 17.6. The fourth-order valence-electron chi connectivity index (χ4n) is 3.71. The zero-order valence-electron chi connectivity index (χ0n) is 16.8. The zero-order chi connectivity index (χ0) is 20.7. The molecule has 7 heteroatoms. The summed E-state index contributed by atoms with van der Waals surface area (Å²) in [5.74, 6) is 0.662. The molecule has 0 aliphatic carbocycles. The third kappa shape index (κ3) is 3.15. The van der Waals surface area contributed by atoms with E-state index in [1.807, 2.05) is 75.5 Å². The number of hydrogen-bond donors (Lipinski definition) is 0. The third-order valence-corrected chi connectivity index (χ3v) is 6.65. The highest BCUT2D eigenvalue weighted by molar-refractivity contribution is 8.01. The largest absolute Gasteiger partial charge is 0.497 e. The van der Waals surface area contributed by atoms with Crippen LogP contribution in [0.2, 0.25) is 0 Å². The van der Waals surface area contributed by atoms with E-state index in [-0.39, 0.29) is 22.1 Å². The molecular formula is C22H23N3O3S. The van der Waals surface area contributed by atoms with Gasteiger partial charge >= 0.3 is 0 Å². The number of hydrogen-bond acceptors (Lipinski definition) is 4. The highest BCUT2D eigenvalue weighted by Crippen LogP contribution is 2.46. The SMILES string of the molecule is COc1cccc([C@H]2S[C@@H](C)C(=O)N2c2c(C)n(C)n(-c3ccccc3)c2=O)c1. The van der Waals surface area contributed by atoms with Crippen LogP contribution in [-0.4, -0.2) is 27.6 Å². The Morgan fingerprint density at radius 3 is 2.45 bits per heavy atom. The van der Waals surface area contributed by atoms with Crippen LogP contribution in [0.5, 0.6) is 5.75 Å². The monoisotopic (exact) mass is 409 g/mol. The Labute approximate surface area is 173 Å². The van der Waals surface area contributed by atoms with Gasteiger partial charge in [0, 0.05) is 7.05 Å². The lowest BCUT2D eigenvalue weighted by Gasteiger charge is -2.23. The molecule has 4 rings (SSSR count). The normalized spacial score (nSPS) is 19.0. The van der Waals surface area contributed by atoms with Crippen LogP contribution in [0.25, 0.3) is 5.69 Å². The number of benzene rings is 2. The van der Waals surface area contributed by atoms with Crippen LogP contribution >= 0.6 is 11.8 Å². The summed E-state index contributed by atoms with van der Waals surface area (Å²) in [6.07, 6.45) is 0. The summed E-state index contributed by atoms with van der Waals surface area (Å²) in [4.78, 5) is 28.2. The molecule has 1 aliphatic heterocycles. The lowest BCUT2D eigenvalue weighted by atomic mass is 10.1. The second kappa shape index (κ2) is 7.48. The van der Waals surface area contributed by atoms with Crippen LogP contribution in [0, 0.1) is 6.92 Å². The Morgan fingerprint density at radius 2 is 1.76 bits per heavy atom. The second-order valence-corrected chi connectivity index (χ2v) is 8.45. The summed E-state index contributed by atoms with van der Waals surface area (Å²) >= 11 is 1.54. The minimum absolute atomic E-state index is 0.0613. The van der Waals surface area contributed by atoms with Crippen LogP contribution in [0.15, 0.2) is 59.4 Å². The van der Waals surface area contributed by atoms with Crippen molar-refractivity contribution in [3.8, 4) is 11.4 Å². The number of para-hydroxylation sites is 1. The number of thioether (sulfide) groups is 1. The molecule has 1 aromatic heterocycles. The summed E-state index contributed by atoms with van der Waals surface area (Å²) in [7, 11) is 3.46. The molecule has 1 saturated heterocycles. The van der Waals surface area contributed by atoms with Gasteiger partial charge in [0.15, 0.2) is 0 Å². The Kier molecular flexibility index (Phi) is 5.00. The van der Waals surface area contributed by atoms with E-state index in [0.29, 0.717) is 5.69 Å². The molecule has 0 spiro atoms. The van der Waals surface area contributed by atoms with Gasteiger partial charge < -0.3 is 4.74 Å². The molecule has 150 valence electrons. The Bertz CT molecular complexity index is 1120. The topological polar surface area (TPSA) is 56.5 Å². The summed E-state index contributed by atoms with van der Waals surface area (Å²) in [6.45, 7) is 3.76. The molecule has 0 bridgehead atoms. The summed E-state index contributed by atoms with van der Waals surface area (Å²) < 4.78 is 8.76. The predicted molar refractivity (Wildman–Crippen MR) is 116 cm³/mol. The molecule has 0 radical (unpaired) electrons. The van der Waals surface area contributed by atoms with Crippen LogP contribution in [0.4, 0.5) is 5.69 Å². The molecule has 6 nitrogen and oxygen atoms in total. The molecule has 2 atom stereocenters. The van der Waals surface area contributed by atoms with Crippen molar-refractivity contribution >= 4 is 23.4 Å². The van der Waals surface area contributed by atoms with E-state index in [1.54, 1.807) is 33.1 Å². The molecule has 3 aromatic rings. The van der Waals surface area contributed by atoms with E-state index in [2.05, 4.69) is 0 Å². The van der Waals surface area contributed by atoms with Crippen molar-refractivity contribution in [3.63, 3.8) is 0 Å². The van der Waals surface area contributed by atoms with E-state index >= 15 is 0 Å². The van der Waals surface area contributed by atoms with Crippen molar-refractivity contribution in [1.29, 1.82) is 0 Å². The van der Waals surface area contributed by atoms with Crippen LogP contribution in [0.1, 0.15) is 23.6 Å². The van der Waals surface area contributed by atoms with Crippen LogP contribution in [0.3, 0.4) is 0 Å². The van der Waals surface area contributed by atoms with E-state index in [4.69, 9.17) is 4.74 Å². The van der Waals surface area contributed by atoms with Gasteiger partial charge in [0.2, 0.25) is 5.91 Å². The first-order valence-electron chi connectivity index (χ1n) is 9.40. The fraction of sp³-hybridized carbons (Fsp3) is 0.273. The smallest absolute Gasteiger partial charge is 0.295 e. The van der Waals surface area contributed by atoms with Gasteiger partial charge in [0.1, 0.15) is 16.8 Å². The quantitative estimate of drug-likeness (QED) is 0.660. The first-order chi connectivity index (χ1) is 13.9. The number of amides is 1. The molecule has 2 heterocycles. The number of rotatable bonds is 4. The third-order valence-electron chi connectivity index (χ3n) is 5.30. The number of nitrogens with zero attached hydrogens (tertiary/aromatic N) is 3. The van der Waals surface area contributed by atoms with E-state index in [0.717, 1.165) is 22.7 Å². The number of ether oxygens (including phenoxy) is 1. The fourth-order valence-corrected chi connectivity index (χ4v) is 4.96. The van der Waals surface area contributed by atoms with Gasteiger partial charge in [0.05, 0.1) is 23.7 Å². The average Bonchev–Trinajstić information content (AvgIpc) is 3.15. The Balaban J connectivity index is 1.88. The standard InChI is InChI=1S/C22H23N3O3S/c1-14-19(21(27)25(23(14)3)17-10-6-5-7-11-17)24-20(26)15(2)29-22(24)16-9-8-12-18(13-16)28-4/h5-13,15,22H,1-4H3/t15-,22+/m0/s1. The van der Waals surface area contributed by atoms with Gasteiger partial charge in [-0.3, -0.25) is 19.2 Å².